The first kappa shape index (κ1) is 14.4. The van der Waals surface area contributed by atoms with Crippen molar-refractivity contribution in [2.45, 2.75) is 0 Å². The predicted molar refractivity (Wildman–Crippen MR) is 97.2 cm³/mol. The molecular weight excluding hydrogens is 300 g/mol. The molecule has 0 atom stereocenters. The summed E-state index contributed by atoms with van der Waals surface area (Å²) in [5.74, 6) is 0.758. The number of fused-ring (bicyclic) bond motifs is 2. The van der Waals surface area contributed by atoms with Gasteiger partial charge in [0.25, 0.3) is 0 Å². The molecule has 5 nitrogen and oxygen atoms in total. The molecule has 3 N–H and O–H groups in total. The molecule has 4 aromatic rings. The van der Waals surface area contributed by atoms with Gasteiger partial charge in [0.05, 0.1) is 12.1 Å². The number of H-pyrrole nitrogens is 1. The molecule has 2 aromatic heterocycles. The van der Waals surface area contributed by atoms with Crippen LogP contribution < -0.4 is 5.32 Å². The summed E-state index contributed by atoms with van der Waals surface area (Å²) in [4.78, 5) is 11.9. The quantitative estimate of drug-likeness (QED) is 0.534. The van der Waals surface area contributed by atoms with Gasteiger partial charge in [0.15, 0.2) is 0 Å². The van der Waals surface area contributed by atoms with Gasteiger partial charge in [-0.05, 0) is 42.0 Å². The number of aromatic amines is 1. The first-order chi connectivity index (χ1) is 11.8. The molecule has 24 heavy (non-hydrogen) atoms. The smallest absolute Gasteiger partial charge is 0.141 e. The van der Waals surface area contributed by atoms with Crippen LogP contribution in [0.25, 0.3) is 27.9 Å². The van der Waals surface area contributed by atoms with Crippen LogP contribution in [0.1, 0.15) is 5.56 Å². The molecule has 0 unspecified atom stereocenters. The number of nitrogens with zero attached hydrogens (tertiary/aromatic N) is 2. The molecular formula is C19H16N4O. The highest BCUT2D eigenvalue weighted by atomic mass is 16.2. The molecule has 0 aliphatic heterocycles. The number of rotatable bonds is 4. The number of aromatic nitrogens is 3. The van der Waals surface area contributed by atoms with Crippen molar-refractivity contribution in [1.29, 1.82) is 0 Å². The highest BCUT2D eigenvalue weighted by molar-refractivity contribution is 5.93. The summed E-state index contributed by atoms with van der Waals surface area (Å²) in [6, 6.07) is 14.1. The number of benzene rings is 2. The minimum Gasteiger partial charge on any atom is -0.392 e. The number of anilines is 2. The van der Waals surface area contributed by atoms with Gasteiger partial charge >= 0.3 is 0 Å². The van der Waals surface area contributed by atoms with Crippen molar-refractivity contribution in [2.75, 3.05) is 11.9 Å². The Morgan fingerprint density at radius 1 is 1.08 bits per heavy atom. The number of nitrogens with one attached hydrogen (secondary N) is 2. The van der Waals surface area contributed by atoms with E-state index in [9.17, 15) is 0 Å². The highest BCUT2D eigenvalue weighted by Crippen LogP contribution is 2.26. The molecule has 0 saturated carbocycles. The molecule has 0 bridgehead atoms. The minimum atomic E-state index is 0.0190. The van der Waals surface area contributed by atoms with Gasteiger partial charge in [-0.25, -0.2) is 9.97 Å². The zero-order chi connectivity index (χ0) is 16.4. The summed E-state index contributed by atoms with van der Waals surface area (Å²) >= 11 is 0. The molecule has 4 rings (SSSR count). The summed E-state index contributed by atoms with van der Waals surface area (Å²) in [6.07, 6.45) is 7.07. The molecule has 0 spiro atoms. The van der Waals surface area contributed by atoms with Crippen LogP contribution in [0.3, 0.4) is 0 Å². The Bertz CT molecular complexity index is 1040. The van der Waals surface area contributed by atoms with Crippen molar-refractivity contribution < 1.29 is 5.11 Å². The van der Waals surface area contributed by atoms with Gasteiger partial charge in [0, 0.05) is 28.2 Å². The Hall–Kier alpha value is -3.18. The molecule has 0 amide bonds. The van der Waals surface area contributed by atoms with E-state index < -0.39 is 0 Å². The van der Waals surface area contributed by atoms with Crippen LogP contribution in [0.4, 0.5) is 11.5 Å². The zero-order valence-electron chi connectivity index (χ0n) is 12.9. The van der Waals surface area contributed by atoms with Crippen LogP contribution in [0.2, 0.25) is 0 Å². The van der Waals surface area contributed by atoms with Crippen molar-refractivity contribution in [1.82, 2.24) is 15.0 Å². The fourth-order valence-corrected chi connectivity index (χ4v) is 2.73. The van der Waals surface area contributed by atoms with E-state index in [1.165, 1.54) is 0 Å². The van der Waals surface area contributed by atoms with Crippen molar-refractivity contribution in [3.05, 3.63) is 66.6 Å². The second-order valence-electron chi connectivity index (χ2n) is 5.49. The minimum absolute atomic E-state index is 0.0190. The van der Waals surface area contributed by atoms with Crippen LogP contribution >= 0.6 is 0 Å². The van der Waals surface area contributed by atoms with E-state index in [0.29, 0.717) is 0 Å². The average molecular weight is 316 g/mol. The number of hydrogen-bond donors (Lipinski definition) is 3. The third-order valence-corrected chi connectivity index (χ3v) is 3.89. The summed E-state index contributed by atoms with van der Waals surface area (Å²) in [5.41, 5.74) is 3.94. The lowest BCUT2D eigenvalue weighted by atomic mass is 10.1. The molecule has 5 heteroatoms. The summed E-state index contributed by atoms with van der Waals surface area (Å²) in [7, 11) is 0. The van der Waals surface area contributed by atoms with Gasteiger partial charge in [-0.1, -0.05) is 18.2 Å². The Kier molecular flexibility index (Phi) is 3.69. The second kappa shape index (κ2) is 6.14. The largest absolute Gasteiger partial charge is 0.392 e. The normalized spacial score (nSPS) is 11.5. The lowest BCUT2D eigenvalue weighted by Crippen LogP contribution is -1.96. The molecule has 2 heterocycles. The topological polar surface area (TPSA) is 73.8 Å². The van der Waals surface area contributed by atoms with Crippen molar-refractivity contribution in [3.63, 3.8) is 0 Å². The van der Waals surface area contributed by atoms with E-state index in [2.05, 4.69) is 26.3 Å². The van der Waals surface area contributed by atoms with Gasteiger partial charge in [0.1, 0.15) is 12.1 Å². The number of aliphatic hydroxyl groups is 1. The predicted octanol–water partition coefficient (Wildman–Crippen LogP) is 3.86. The Morgan fingerprint density at radius 2 is 2.04 bits per heavy atom. The first-order valence-electron chi connectivity index (χ1n) is 7.70. The van der Waals surface area contributed by atoms with Crippen LogP contribution in [0.5, 0.6) is 0 Å². The van der Waals surface area contributed by atoms with Crippen LogP contribution in [-0.4, -0.2) is 26.7 Å². The fraction of sp³-hybridized carbons (Fsp3) is 0.0526. The number of hydrogen-bond acceptors (Lipinski definition) is 4. The fourth-order valence-electron chi connectivity index (χ4n) is 2.73. The second-order valence-corrected chi connectivity index (χ2v) is 5.49. The molecule has 0 saturated heterocycles. The number of aliphatic hydroxyl groups excluding tert-OH is 1. The third-order valence-electron chi connectivity index (χ3n) is 3.89. The molecule has 0 aliphatic rings. The van der Waals surface area contributed by atoms with Gasteiger partial charge in [-0.2, -0.15) is 0 Å². The average Bonchev–Trinajstić information content (AvgIpc) is 3.08. The van der Waals surface area contributed by atoms with Gasteiger partial charge in [-0.15, -0.1) is 0 Å². The van der Waals surface area contributed by atoms with E-state index >= 15 is 0 Å². The maximum Gasteiger partial charge on any atom is 0.141 e. The molecule has 2 aromatic carbocycles. The Balaban J connectivity index is 1.75. The van der Waals surface area contributed by atoms with Crippen LogP contribution in [0, 0.1) is 0 Å². The molecule has 0 radical (unpaired) electrons. The Labute approximate surface area is 138 Å². The highest BCUT2D eigenvalue weighted by Gasteiger charge is 2.05. The van der Waals surface area contributed by atoms with E-state index in [-0.39, 0.29) is 6.61 Å². The van der Waals surface area contributed by atoms with Gasteiger partial charge in [0.2, 0.25) is 0 Å². The SMILES string of the molecule is OC/C=C/c1ccc2ncnc(Nc3ccc4[nH]ccc4c3)c2c1. The lowest BCUT2D eigenvalue weighted by molar-refractivity contribution is 0.343. The van der Waals surface area contributed by atoms with Crippen molar-refractivity contribution in [2.24, 2.45) is 0 Å². The third kappa shape index (κ3) is 2.73. The van der Waals surface area contributed by atoms with E-state index in [1.54, 1.807) is 12.4 Å². The van der Waals surface area contributed by atoms with E-state index in [1.807, 2.05) is 48.7 Å². The summed E-state index contributed by atoms with van der Waals surface area (Å²) in [5, 5.41) is 14.4. The van der Waals surface area contributed by atoms with E-state index in [4.69, 9.17) is 5.11 Å². The van der Waals surface area contributed by atoms with Gasteiger partial charge in [-0.3, -0.25) is 0 Å². The molecule has 0 aliphatic carbocycles. The summed E-state index contributed by atoms with van der Waals surface area (Å²) < 4.78 is 0. The van der Waals surface area contributed by atoms with Crippen molar-refractivity contribution in [3.8, 4) is 0 Å². The molecule has 118 valence electrons. The zero-order valence-corrected chi connectivity index (χ0v) is 12.9. The Morgan fingerprint density at radius 3 is 2.96 bits per heavy atom. The van der Waals surface area contributed by atoms with Gasteiger partial charge < -0.3 is 15.4 Å². The monoisotopic (exact) mass is 316 g/mol. The van der Waals surface area contributed by atoms with E-state index in [0.717, 1.165) is 38.9 Å². The maximum atomic E-state index is 8.93. The standard InChI is InChI=1S/C19H16N4O/c24-9-1-2-13-3-5-18-16(10-13)19(22-12-21-18)23-15-4-6-17-14(11-15)7-8-20-17/h1-8,10-12,20,24H,9H2,(H,21,22,23)/b2-1+. The maximum absolute atomic E-state index is 8.93. The van der Waals surface area contributed by atoms with Crippen molar-refractivity contribution >= 4 is 39.4 Å². The molecule has 0 fully saturated rings. The summed E-state index contributed by atoms with van der Waals surface area (Å²) in [6.45, 7) is 0.0190. The first-order valence-corrected chi connectivity index (χ1v) is 7.70. The van der Waals surface area contributed by atoms with Crippen LogP contribution in [0.15, 0.2) is 61.1 Å². The van der Waals surface area contributed by atoms with Crippen LogP contribution in [-0.2, 0) is 0 Å². The lowest BCUT2D eigenvalue weighted by Gasteiger charge is -2.09.